The van der Waals surface area contributed by atoms with E-state index in [1.54, 1.807) is 0 Å². The summed E-state index contributed by atoms with van der Waals surface area (Å²) in [5.41, 5.74) is 0.0445. The number of carbonyl (C=O) groups is 1. The maximum atomic E-state index is 13.0. The van der Waals surface area contributed by atoms with E-state index in [-0.39, 0.29) is 29.3 Å². The number of esters is 1. The maximum absolute atomic E-state index is 13.0. The molecule has 0 radical (unpaired) electrons. The number of hydrogen-bond donors (Lipinski definition) is 1. The number of hydrogen-bond acceptors (Lipinski definition) is 4. The summed E-state index contributed by atoms with van der Waals surface area (Å²) in [4.78, 5) is 10.8. The van der Waals surface area contributed by atoms with Crippen LogP contribution in [0.4, 0.5) is 10.1 Å². The zero-order valence-electron chi connectivity index (χ0n) is 10.2. The smallest absolute Gasteiger partial charge is 0.305 e. The summed E-state index contributed by atoms with van der Waals surface area (Å²) in [6.07, 6.45) is 0.117. The predicted molar refractivity (Wildman–Crippen MR) is 70.1 cm³/mol. The molecular formula is C11H13ClFNO4S. The molecule has 5 nitrogen and oxygen atoms in total. The molecule has 0 fully saturated rings. The van der Waals surface area contributed by atoms with Crippen molar-refractivity contribution in [1.82, 2.24) is 0 Å². The van der Waals surface area contributed by atoms with Crippen LogP contribution in [0.1, 0.15) is 12.8 Å². The van der Waals surface area contributed by atoms with Crippen molar-refractivity contribution >= 4 is 33.3 Å². The largest absolute Gasteiger partial charge is 0.469 e. The first-order valence-corrected chi connectivity index (χ1v) is 7.39. The summed E-state index contributed by atoms with van der Waals surface area (Å²) in [5.74, 6) is -1.39. The molecule has 0 saturated heterocycles. The Morgan fingerprint density at radius 1 is 1.42 bits per heavy atom. The topological polar surface area (TPSA) is 72.5 Å². The van der Waals surface area contributed by atoms with Gasteiger partial charge >= 0.3 is 5.97 Å². The fraction of sp³-hybridized carbons (Fsp3) is 0.364. The van der Waals surface area contributed by atoms with Gasteiger partial charge in [-0.25, -0.2) is 12.8 Å². The Morgan fingerprint density at radius 2 is 2.11 bits per heavy atom. The Labute approximate surface area is 115 Å². The number of nitrogens with one attached hydrogen (secondary N) is 1. The number of sulfonamides is 1. The van der Waals surface area contributed by atoms with Crippen LogP contribution < -0.4 is 4.72 Å². The summed E-state index contributed by atoms with van der Waals surface area (Å²) < 4.78 is 42.9. The predicted octanol–water partition coefficient (Wildman–Crippen LogP) is 2.17. The fourth-order valence-electron chi connectivity index (χ4n) is 1.35. The van der Waals surface area contributed by atoms with Crippen LogP contribution in [0.5, 0.6) is 0 Å². The molecule has 1 aromatic rings. The monoisotopic (exact) mass is 309 g/mol. The van der Waals surface area contributed by atoms with E-state index in [0.29, 0.717) is 0 Å². The first-order chi connectivity index (χ1) is 8.82. The van der Waals surface area contributed by atoms with Crippen molar-refractivity contribution in [2.45, 2.75) is 12.8 Å². The molecule has 0 unspecified atom stereocenters. The van der Waals surface area contributed by atoms with Gasteiger partial charge in [0.25, 0.3) is 0 Å². The van der Waals surface area contributed by atoms with Crippen molar-refractivity contribution in [3.63, 3.8) is 0 Å². The molecule has 0 aliphatic rings. The number of methoxy groups -OCH3 is 1. The second-order valence-corrected chi connectivity index (χ2v) is 6.04. The number of halogens is 2. The van der Waals surface area contributed by atoms with Gasteiger partial charge in [-0.3, -0.25) is 9.52 Å². The van der Waals surface area contributed by atoms with Crippen LogP contribution in [0.2, 0.25) is 5.02 Å². The van der Waals surface area contributed by atoms with Gasteiger partial charge in [0.2, 0.25) is 10.0 Å². The SMILES string of the molecule is COC(=O)CCCS(=O)(=O)Nc1cc(F)cc(Cl)c1. The Kier molecular flexibility index (Phi) is 5.56. The maximum Gasteiger partial charge on any atom is 0.305 e. The van der Waals surface area contributed by atoms with Gasteiger partial charge in [0, 0.05) is 11.4 Å². The molecule has 1 aromatic carbocycles. The van der Waals surface area contributed by atoms with Crippen LogP contribution in [0.25, 0.3) is 0 Å². The van der Waals surface area contributed by atoms with Gasteiger partial charge in [-0.15, -0.1) is 0 Å². The van der Waals surface area contributed by atoms with Crippen LogP contribution in [0, 0.1) is 5.82 Å². The third kappa shape index (κ3) is 5.89. The number of anilines is 1. The minimum absolute atomic E-state index is 0.00131. The van der Waals surface area contributed by atoms with Crippen LogP contribution in [0.15, 0.2) is 18.2 Å². The van der Waals surface area contributed by atoms with Crippen molar-refractivity contribution in [1.29, 1.82) is 0 Å². The highest BCUT2D eigenvalue weighted by atomic mass is 35.5. The van der Waals surface area contributed by atoms with E-state index >= 15 is 0 Å². The highest BCUT2D eigenvalue weighted by molar-refractivity contribution is 7.92. The average molecular weight is 310 g/mol. The van der Waals surface area contributed by atoms with Crippen molar-refractivity contribution in [3.05, 3.63) is 29.0 Å². The van der Waals surface area contributed by atoms with Gasteiger partial charge in [-0.1, -0.05) is 11.6 Å². The first-order valence-electron chi connectivity index (χ1n) is 5.36. The van der Waals surface area contributed by atoms with E-state index in [9.17, 15) is 17.6 Å². The van der Waals surface area contributed by atoms with E-state index in [1.807, 2.05) is 0 Å². The first kappa shape index (κ1) is 15.7. The van der Waals surface area contributed by atoms with E-state index < -0.39 is 21.8 Å². The summed E-state index contributed by atoms with van der Waals surface area (Å²) in [6.45, 7) is 0. The van der Waals surface area contributed by atoms with Gasteiger partial charge in [-0.2, -0.15) is 0 Å². The molecule has 8 heteroatoms. The molecule has 0 aliphatic carbocycles. The molecule has 1 N–H and O–H groups in total. The second-order valence-electron chi connectivity index (χ2n) is 3.76. The van der Waals surface area contributed by atoms with Crippen LogP contribution in [-0.2, 0) is 19.6 Å². The van der Waals surface area contributed by atoms with Gasteiger partial charge < -0.3 is 4.74 Å². The Bertz CT molecular complexity index is 542. The normalized spacial score (nSPS) is 11.1. The van der Waals surface area contributed by atoms with Crippen LogP contribution in [-0.4, -0.2) is 27.2 Å². The molecule has 19 heavy (non-hydrogen) atoms. The highest BCUT2D eigenvalue weighted by Crippen LogP contribution is 2.19. The van der Waals surface area contributed by atoms with Gasteiger partial charge in [0.15, 0.2) is 0 Å². The van der Waals surface area contributed by atoms with Gasteiger partial charge in [0.1, 0.15) is 5.82 Å². The van der Waals surface area contributed by atoms with E-state index in [2.05, 4.69) is 9.46 Å². The minimum atomic E-state index is -3.66. The molecule has 1 rings (SSSR count). The van der Waals surface area contributed by atoms with Gasteiger partial charge in [-0.05, 0) is 24.6 Å². The van der Waals surface area contributed by atoms with E-state index in [0.717, 1.165) is 12.1 Å². The zero-order valence-corrected chi connectivity index (χ0v) is 11.7. The Morgan fingerprint density at radius 3 is 2.68 bits per heavy atom. The molecule has 0 aromatic heterocycles. The molecule has 0 heterocycles. The molecule has 106 valence electrons. The number of rotatable bonds is 6. The third-order valence-electron chi connectivity index (χ3n) is 2.16. The lowest BCUT2D eigenvalue weighted by molar-refractivity contribution is -0.140. The number of benzene rings is 1. The van der Waals surface area contributed by atoms with Gasteiger partial charge in [0.05, 0.1) is 18.6 Å². The fourth-order valence-corrected chi connectivity index (χ4v) is 2.68. The molecule has 0 saturated carbocycles. The average Bonchev–Trinajstić information content (AvgIpc) is 2.26. The van der Waals surface area contributed by atoms with Crippen molar-refractivity contribution < 1.29 is 22.3 Å². The third-order valence-corrected chi connectivity index (χ3v) is 3.75. The molecule has 0 spiro atoms. The summed E-state index contributed by atoms with van der Waals surface area (Å²) in [7, 11) is -2.43. The molecule has 0 atom stereocenters. The highest BCUT2D eigenvalue weighted by Gasteiger charge is 2.12. The molecule has 0 bridgehead atoms. The summed E-state index contributed by atoms with van der Waals surface area (Å²) in [5, 5.41) is 0.0901. The standard InChI is InChI=1S/C11H13ClFNO4S/c1-18-11(15)3-2-4-19(16,17)14-10-6-8(12)5-9(13)7-10/h5-7,14H,2-4H2,1H3. The van der Waals surface area contributed by atoms with Crippen LogP contribution in [0.3, 0.4) is 0 Å². The zero-order chi connectivity index (χ0) is 14.5. The van der Waals surface area contributed by atoms with Crippen LogP contribution >= 0.6 is 11.6 Å². The Balaban J connectivity index is 2.61. The molecular weight excluding hydrogens is 297 g/mol. The summed E-state index contributed by atoms with van der Waals surface area (Å²) >= 11 is 5.61. The number of carbonyl (C=O) groups excluding carboxylic acids is 1. The Hall–Kier alpha value is -1.34. The lowest BCUT2D eigenvalue weighted by Crippen LogP contribution is -2.17. The van der Waals surface area contributed by atoms with Crippen molar-refractivity contribution in [3.8, 4) is 0 Å². The van der Waals surface area contributed by atoms with Crippen molar-refractivity contribution in [2.75, 3.05) is 17.6 Å². The lowest BCUT2D eigenvalue weighted by Gasteiger charge is -2.08. The second kappa shape index (κ2) is 6.72. The molecule has 0 amide bonds. The lowest BCUT2D eigenvalue weighted by atomic mass is 10.3. The quantitative estimate of drug-likeness (QED) is 0.817. The molecule has 0 aliphatic heterocycles. The minimum Gasteiger partial charge on any atom is -0.469 e. The van der Waals surface area contributed by atoms with E-state index in [1.165, 1.54) is 13.2 Å². The summed E-state index contributed by atoms with van der Waals surface area (Å²) in [6, 6.07) is 3.38. The van der Waals surface area contributed by atoms with Crippen molar-refractivity contribution in [2.24, 2.45) is 0 Å². The number of ether oxygens (including phenoxy) is 1. The van der Waals surface area contributed by atoms with E-state index in [4.69, 9.17) is 11.6 Å².